The maximum atomic E-state index is 4.41. The molecule has 2 nitrogen and oxygen atoms in total. The van der Waals surface area contributed by atoms with Crippen molar-refractivity contribution in [2.24, 2.45) is 10.4 Å². The molecule has 15 heavy (non-hydrogen) atoms. The van der Waals surface area contributed by atoms with Crippen LogP contribution in [-0.4, -0.2) is 17.7 Å². The lowest BCUT2D eigenvalue weighted by Gasteiger charge is -2.21. The second-order valence-corrected chi connectivity index (χ2v) is 4.63. The molecule has 0 aromatic carbocycles. The van der Waals surface area contributed by atoms with E-state index in [1.165, 1.54) is 5.56 Å². The molecule has 0 saturated heterocycles. The summed E-state index contributed by atoms with van der Waals surface area (Å²) in [7, 11) is 1.85. The lowest BCUT2D eigenvalue weighted by atomic mass is 9.85. The fraction of sp³-hybridized carbons (Fsp3) is 0.462. The monoisotopic (exact) mass is 204 g/mol. The summed E-state index contributed by atoms with van der Waals surface area (Å²) in [5.74, 6) is 0. The Morgan fingerprint density at radius 1 is 1.40 bits per heavy atom. The summed E-state index contributed by atoms with van der Waals surface area (Å²) in [5, 5.41) is 0. The number of allylic oxidation sites excluding steroid dienone is 1. The molecule has 0 aliphatic heterocycles. The third-order valence-corrected chi connectivity index (χ3v) is 2.30. The van der Waals surface area contributed by atoms with Crippen molar-refractivity contribution in [3.8, 4) is 0 Å². The molecule has 0 aliphatic carbocycles. The Balaban J connectivity index is 3.20. The molecule has 1 N–H and O–H groups in total. The van der Waals surface area contributed by atoms with Crippen molar-refractivity contribution in [2.75, 3.05) is 7.05 Å². The minimum Gasteiger partial charge on any atom is -0.361 e. The maximum Gasteiger partial charge on any atom is 0.0491 e. The largest absolute Gasteiger partial charge is 0.361 e. The SMILES string of the molecule is C/C=C\c1[nH]ccc1/C(=N\C)C(C)(C)C. The first-order valence-electron chi connectivity index (χ1n) is 5.28. The quantitative estimate of drug-likeness (QED) is 0.714. The van der Waals surface area contributed by atoms with Gasteiger partial charge in [-0.2, -0.15) is 0 Å². The number of aromatic nitrogens is 1. The van der Waals surface area contributed by atoms with Crippen molar-refractivity contribution in [3.63, 3.8) is 0 Å². The molecular formula is C13H20N2. The van der Waals surface area contributed by atoms with Crippen LogP contribution in [0.4, 0.5) is 0 Å². The predicted molar refractivity (Wildman–Crippen MR) is 67.4 cm³/mol. The highest BCUT2D eigenvalue weighted by atomic mass is 14.7. The summed E-state index contributed by atoms with van der Waals surface area (Å²) >= 11 is 0. The van der Waals surface area contributed by atoms with Crippen LogP contribution >= 0.6 is 0 Å². The van der Waals surface area contributed by atoms with Crippen LogP contribution in [0.1, 0.15) is 39.0 Å². The number of aliphatic imine (C=N–C) groups is 1. The van der Waals surface area contributed by atoms with Crippen LogP contribution in [0.2, 0.25) is 0 Å². The first-order chi connectivity index (χ1) is 7.00. The van der Waals surface area contributed by atoms with Crippen molar-refractivity contribution < 1.29 is 0 Å². The molecule has 0 amide bonds. The van der Waals surface area contributed by atoms with Crippen LogP contribution in [0.25, 0.3) is 6.08 Å². The van der Waals surface area contributed by atoms with E-state index in [4.69, 9.17) is 0 Å². The van der Waals surface area contributed by atoms with E-state index >= 15 is 0 Å². The lowest BCUT2D eigenvalue weighted by Crippen LogP contribution is -2.21. The number of H-pyrrole nitrogens is 1. The van der Waals surface area contributed by atoms with Gasteiger partial charge in [0.2, 0.25) is 0 Å². The van der Waals surface area contributed by atoms with Gasteiger partial charge >= 0.3 is 0 Å². The van der Waals surface area contributed by atoms with E-state index in [-0.39, 0.29) is 5.41 Å². The molecule has 2 heteroatoms. The van der Waals surface area contributed by atoms with Gasteiger partial charge in [0, 0.05) is 35.6 Å². The van der Waals surface area contributed by atoms with Crippen molar-refractivity contribution >= 4 is 11.8 Å². The van der Waals surface area contributed by atoms with Gasteiger partial charge in [-0.25, -0.2) is 0 Å². The van der Waals surface area contributed by atoms with Gasteiger partial charge in [0.1, 0.15) is 0 Å². The van der Waals surface area contributed by atoms with Gasteiger partial charge in [0.25, 0.3) is 0 Å². The number of hydrogen-bond donors (Lipinski definition) is 1. The second-order valence-electron chi connectivity index (χ2n) is 4.63. The number of nitrogens with one attached hydrogen (secondary N) is 1. The third kappa shape index (κ3) is 2.58. The van der Waals surface area contributed by atoms with Crippen LogP contribution in [0.5, 0.6) is 0 Å². The van der Waals surface area contributed by atoms with Gasteiger partial charge in [-0.3, -0.25) is 4.99 Å². The van der Waals surface area contributed by atoms with Crippen LogP contribution < -0.4 is 0 Å². The molecule has 0 fully saturated rings. The van der Waals surface area contributed by atoms with Crippen LogP contribution in [0.3, 0.4) is 0 Å². The zero-order valence-corrected chi connectivity index (χ0v) is 10.3. The normalized spacial score (nSPS) is 13.8. The Morgan fingerprint density at radius 2 is 2.07 bits per heavy atom. The maximum absolute atomic E-state index is 4.41. The average molecular weight is 204 g/mol. The first kappa shape index (κ1) is 11.8. The predicted octanol–water partition coefficient (Wildman–Crippen LogP) is 3.51. The number of hydrogen-bond acceptors (Lipinski definition) is 1. The molecule has 1 rings (SSSR count). The Labute approximate surface area is 92.1 Å². The van der Waals surface area contributed by atoms with Crippen molar-refractivity contribution in [1.82, 2.24) is 4.98 Å². The highest BCUT2D eigenvalue weighted by molar-refractivity contribution is 6.06. The van der Waals surface area contributed by atoms with Gasteiger partial charge in [-0.15, -0.1) is 0 Å². The Hall–Kier alpha value is -1.31. The summed E-state index contributed by atoms with van der Waals surface area (Å²) in [5.41, 5.74) is 3.54. The first-order valence-corrected chi connectivity index (χ1v) is 5.28. The van der Waals surface area contributed by atoms with Gasteiger partial charge in [-0.05, 0) is 19.1 Å². The molecule has 1 aromatic rings. The summed E-state index contributed by atoms with van der Waals surface area (Å²) in [6, 6.07) is 2.09. The zero-order valence-electron chi connectivity index (χ0n) is 10.3. The fourth-order valence-electron chi connectivity index (χ4n) is 1.75. The van der Waals surface area contributed by atoms with Crippen molar-refractivity contribution in [2.45, 2.75) is 27.7 Å². The van der Waals surface area contributed by atoms with E-state index in [0.717, 1.165) is 11.4 Å². The second kappa shape index (κ2) is 4.47. The Morgan fingerprint density at radius 3 is 2.53 bits per heavy atom. The van der Waals surface area contributed by atoms with Gasteiger partial charge in [0.15, 0.2) is 0 Å². The van der Waals surface area contributed by atoms with Crippen LogP contribution in [0, 0.1) is 5.41 Å². The fourth-order valence-corrected chi connectivity index (χ4v) is 1.75. The van der Waals surface area contributed by atoms with Gasteiger partial charge < -0.3 is 4.98 Å². The number of aromatic amines is 1. The van der Waals surface area contributed by atoms with E-state index in [9.17, 15) is 0 Å². The molecule has 82 valence electrons. The molecule has 0 radical (unpaired) electrons. The Kier molecular flexibility index (Phi) is 3.51. The lowest BCUT2D eigenvalue weighted by molar-refractivity contribution is 0.591. The summed E-state index contributed by atoms with van der Waals surface area (Å²) in [6.07, 6.45) is 6.07. The molecule has 1 heterocycles. The molecule has 0 bridgehead atoms. The molecule has 0 saturated carbocycles. The number of nitrogens with zero attached hydrogens (tertiary/aromatic N) is 1. The molecule has 0 aliphatic rings. The molecule has 1 aromatic heterocycles. The van der Waals surface area contributed by atoms with E-state index in [1.54, 1.807) is 0 Å². The van der Waals surface area contributed by atoms with Crippen molar-refractivity contribution in [1.29, 1.82) is 0 Å². The highest BCUT2D eigenvalue weighted by Gasteiger charge is 2.22. The van der Waals surface area contributed by atoms with Crippen LogP contribution in [-0.2, 0) is 0 Å². The van der Waals surface area contributed by atoms with E-state index in [1.807, 2.05) is 26.2 Å². The molecular weight excluding hydrogens is 184 g/mol. The van der Waals surface area contributed by atoms with Crippen LogP contribution in [0.15, 0.2) is 23.3 Å². The zero-order chi connectivity index (χ0) is 11.5. The topological polar surface area (TPSA) is 28.1 Å². The standard InChI is InChI=1S/C13H20N2/c1-6-7-11-10(8-9-15-11)12(14-5)13(2,3)4/h6-9,15H,1-5H3/b7-6-,14-12+. The van der Waals surface area contributed by atoms with Gasteiger partial charge in [-0.1, -0.05) is 26.8 Å². The van der Waals surface area contributed by atoms with Gasteiger partial charge in [0.05, 0.1) is 0 Å². The third-order valence-electron chi connectivity index (χ3n) is 2.30. The minimum absolute atomic E-state index is 0.0767. The van der Waals surface area contributed by atoms with Crippen molar-refractivity contribution in [3.05, 3.63) is 29.6 Å². The van der Waals surface area contributed by atoms with E-state index in [2.05, 4.69) is 42.9 Å². The molecule has 0 unspecified atom stereocenters. The van der Waals surface area contributed by atoms with E-state index < -0.39 is 0 Å². The smallest absolute Gasteiger partial charge is 0.0491 e. The Bertz CT molecular complexity index is 375. The molecule has 0 spiro atoms. The number of rotatable bonds is 2. The molecule has 0 atom stereocenters. The summed E-state index contributed by atoms with van der Waals surface area (Å²) in [4.78, 5) is 7.63. The van der Waals surface area contributed by atoms with E-state index in [0.29, 0.717) is 0 Å². The highest BCUT2D eigenvalue weighted by Crippen LogP contribution is 2.24. The summed E-state index contributed by atoms with van der Waals surface area (Å²) in [6.45, 7) is 8.57. The average Bonchev–Trinajstić information content (AvgIpc) is 2.53. The summed E-state index contributed by atoms with van der Waals surface area (Å²) < 4.78 is 0. The minimum atomic E-state index is 0.0767.